The molecule has 0 amide bonds. The van der Waals surface area contributed by atoms with E-state index in [1.807, 2.05) is 67.2 Å². The van der Waals surface area contributed by atoms with Gasteiger partial charge in [-0.05, 0) is 36.6 Å². The van der Waals surface area contributed by atoms with Crippen LogP contribution >= 0.6 is 0 Å². The molecule has 2 aromatic carbocycles. The standard InChI is InChI=1S/C20H23N3O2S/c1-16-9-10-17(2)20(11-16)26(24,25)22(3)13-19-12-21-23(15-19)14-18-7-5-4-6-8-18/h4-12,15H,13-14H2,1-3H3. The second-order valence-corrected chi connectivity index (χ2v) is 8.58. The number of rotatable bonds is 6. The first-order valence-corrected chi connectivity index (χ1v) is 9.89. The zero-order valence-corrected chi connectivity index (χ0v) is 16.1. The summed E-state index contributed by atoms with van der Waals surface area (Å²) in [6, 6.07) is 15.5. The molecule has 3 rings (SSSR count). The van der Waals surface area contributed by atoms with Gasteiger partial charge >= 0.3 is 0 Å². The fourth-order valence-electron chi connectivity index (χ4n) is 2.84. The van der Waals surface area contributed by atoms with Crippen LogP contribution in [-0.2, 0) is 23.1 Å². The maximum Gasteiger partial charge on any atom is 0.243 e. The molecule has 0 radical (unpaired) electrons. The highest BCUT2D eigenvalue weighted by molar-refractivity contribution is 7.89. The van der Waals surface area contributed by atoms with Crippen LogP contribution in [0.2, 0.25) is 0 Å². The molecule has 6 heteroatoms. The average molecular weight is 369 g/mol. The lowest BCUT2D eigenvalue weighted by atomic mass is 10.2. The Morgan fingerprint density at radius 1 is 1.04 bits per heavy atom. The Labute approximate surface area is 154 Å². The highest BCUT2D eigenvalue weighted by Gasteiger charge is 2.23. The molecule has 0 N–H and O–H groups in total. The van der Waals surface area contributed by atoms with Crippen LogP contribution in [0.3, 0.4) is 0 Å². The SMILES string of the molecule is Cc1ccc(C)c(S(=O)(=O)N(C)Cc2cnn(Cc3ccccc3)c2)c1. The number of hydrogen-bond acceptors (Lipinski definition) is 3. The quantitative estimate of drug-likeness (QED) is 0.669. The van der Waals surface area contributed by atoms with Gasteiger partial charge in [-0.2, -0.15) is 9.40 Å². The van der Waals surface area contributed by atoms with E-state index >= 15 is 0 Å². The normalized spacial score (nSPS) is 11.8. The molecule has 0 aliphatic carbocycles. The van der Waals surface area contributed by atoms with Crippen molar-refractivity contribution in [1.29, 1.82) is 0 Å². The van der Waals surface area contributed by atoms with Crippen LogP contribution in [-0.4, -0.2) is 29.6 Å². The van der Waals surface area contributed by atoms with Crippen molar-refractivity contribution in [2.75, 3.05) is 7.05 Å². The van der Waals surface area contributed by atoms with E-state index < -0.39 is 10.0 Å². The minimum Gasteiger partial charge on any atom is -0.268 e. The van der Waals surface area contributed by atoms with E-state index in [0.717, 1.165) is 22.3 Å². The van der Waals surface area contributed by atoms with Gasteiger partial charge in [-0.25, -0.2) is 8.42 Å². The van der Waals surface area contributed by atoms with Crippen molar-refractivity contribution in [3.8, 4) is 0 Å². The maximum atomic E-state index is 12.9. The molecule has 0 atom stereocenters. The summed E-state index contributed by atoms with van der Waals surface area (Å²) in [4.78, 5) is 0.358. The van der Waals surface area contributed by atoms with Crippen LogP contribution in [0.1, 0.15) is 22.3 Å². The minimum atomic E-state index is -3.54. The van der Waals surface area contributed by atoms with Gasteiger partial charge in [-0.1, -0.05) is 42.5 Å². The Bertz CT molecular complexity index is 995. The van der Waals surface area contributed by atoms with Gasteiger partial charge in [0.1, 0.15) is 0 Å². The maximum absolute atomic E-state index is 12.9. The third-order valence-corrected chi connectivity index (χ3v) is 6.26. The highest BCUT2D eigenvalue weighted by Crippen LogP contribution is 2.21. The van der Waals surface area contributed by atoms with Crippen LogP contribution in [0, 0.1) is 13.8 Å². The Morgan fingerprint density at radius 2 is 1.77 bits per heavy atom. The van der Waals surface area contributed by atoms with E-state index in [0.29, 0.717) is 11.4 Å². The first-order chi connectivity index (χ1) is 12.4. The van der Waals surface area contributed by atoms with Gasteiger partial charge in [0.2, 0.25) is 10.0 Å². The molecule has 0 saturated heterocycles. The summed E-state index contributed by atoms with van der Waals surface area (Å²) in [5, 5.41) is 4.35. The van der Waals surface area contributed by atoms with Crippen molar-refractivity contribution < 1.29 is 8.42 Å². The molecule has 0 bridgehead atoms. The van der Waals surface area contributed by atoms with Gasteiger partial charge in [0.05, 0.1) is 17.6 Å². The van der Waals surface area contributed by atoms with Gasteiger partial charge in [0.25, 0.3) is 0 Å². The molecule has 3 aromatic rings. The highest BCUT2D eigenvalue weighted by atomic mass is 32.2. The van der Waals surface area contributed by atoms with E-state index in [1.165, 1.54) is 4.31 Å². The molecule has 1 aromatic heterocycles. The summed E-state index contributed by atoms with van der Waals surface area (Å²) in [5.41, 5.74) is 3.69. The lowest BCUT2D eigenvalue weighted by Gasteiger charge is -2.18. The molecule has 0 aliphatic rings. The smallest absolute Gasteiger partial charge is 0.243 e. The molecular formula is C20H23N3O2S. The van der Waals surface area contributed by atoms with E-state index in [9.17, 15) is 8.42 Å². The van der Waals surface area contributed by atoms with Crippen molar-refractivity contribution in [3.05, 3.63) is 83.2 Å². The molecule has 0 spiro atoms. The molecule has 5 nitrogen and oxygen atoms in total. The first-order valence-electron chi connectivity index (χ1n) is 8.45. The Balaban J connectivity index is 1.75. The lowest BCUT2D eigenvalue weighted by molar-refractivity contribution is 0.466. The average Bonchev–Trinajstić information content (AvgIpc) is 3.04. The number of hydrogen-bond donors (Lipinski definition) is 0. The van der Waals surface area contributed by atoms with E-state index in [2.05, 4.69) is 5.10 Å². The van der Waals surface area contributed by atoms with E-state index in [1.54, 1.807) is 19.3 Å². The van der Waals surface area contributed by atoms with Gasteiger partial charge in [-0.3, -0.25) is 4.68 Å². The van der Waals surface area contributed by atoms with Crippen molar-refractivity contribution in [2.24, 2.45) is 0 Å². The summed E-state index contributed by atoms with van der Waals surface area (Å²) in [6.07, 6.45) is 3.61. The molecule has 1 heterocycles. The van der Waals surface area contributed by atoms with Gasteiger partial charge in [0.15, 0.2) is 0 Å². The number of nitrogens with zero attached hydrogens (tertiary/aromatic N) is 3. The van der Waals surface area contributed by atoms with E-state index in [-0.39, 0.29) is 6.54 Å². The summed E-state index contributed by atoms with van der Waals surface area (Å²) in [5.74, 6) is 0. The number of aromatic nitrogens is 2. The third-order valence-electron chi connectivity index (χ3n) is 4.31. The fourth-order valence-corrected chi connectivity index (χ4v) is 4.30. The fraction of sp³-hybridized carbons (Fsp3) is 0.250. The molecule has 0 saturated carbocycles. The molecule has 0 fully saturated rings. The lowest BCUT2D eigenvalue weighted by Crippen LogP contribution is -2.27. The van der Waals surface area contributed by atoms with Crippen LogP contribution < -0.4 is 0 Å². The molecular weight excluding hydrogens is 346 g/mol. The second kappa shape index (κ2) is 7.43. The van der Waals surface area contributed by atoms with Crippen molar-refractivity contribution in [3.63, 3.8) is 0 Å². The Hall–Kier alpha value is -2.44. The molecule has 26 heavy (non-hydrogen) atoms. The minimum absolute atomic E-state index is 0.282. The summed E-state index contributed by atoms with van der Waals surface area (Å²) in [6.45, 7) is 4.66. The number of aryl methyl sites for hydroxylation is 2. The zero-order valence-electron chi connectivity index (χ0n) is 15.3. The summed E-state index contributed by atoms with van der Waals surface area (Å²) in [7, 11) is -1.94. The van der Waals surface area contributed by atoms with Crippen LogP contribution in [0.25, 0.3) is 0 Å². The first kappa shape index (κ1) is 18.4. The van der Waals surface area contributed by atoms with Gasteiger partial charge in [-0.15, -0.1) is 0 Å². The Kier molecular flexibility index (Phi) is 5.25. The van der Waals surface area contributed by atoms with E-state index in [4.69, 9.17) is 0 Å². The third kappa shape index (κ3) is 4.03. The predicted molar refractivity (Wildman–Crippen MR) is 102 cm³/mol. The van der Waals surface area contributed by atoms with Crippen LogP contribution in [0.5, 0.6) is 0 Å². The largest absolute Gasteiger partial charge is 0.268 e. The topological polar surface area (TPSA) is 55.2 Å². The van der Waals surface area contributed by atoms with Crippen LogP contribution in [0.4, 0.5) is 0 Å². The number of sulfonamides is 1. The van der Waals surface area contributed by atoms with Crippen LogP contribution in [0.15, 0.2) is 65.8 Å². The zero-order chi connectivity index (χ0) is 18.7. The summed E-state index contributed by atoms with van der Waals surface area (Å²) < 4.78 is 29.0. The second-order valence-electron chi connectivity index (χ2n) is 6.56. The predicted octanol–water partition coefficient (Wildman–Crippen LogP) is 3.37. The van der Waals surface area contributed by atoms with Gasteiger partial charge in [0, 0.05) is 25.4 Å². The van der Waals surface area contributed by atoms with Crippen molar-refractivity contribution >= 4 is 10.0 Å². The monoisotopic (exact) mass is 369 g/mol. The molecule has 0 aliphatic heterocycles. The van der Waals surface area contributed by atoms with Crippen molar-refractivity contribution in [1.82, 2.24) is 14.1 Å². The Morgan fingerprint density at radius 3 is 2.50 bits per heavy atom. The molecule has 136 valence electrons. The molecule has 0 unspecified atom stereocenters. The summed E-state index contributed by atoms with van der Waals surface area (Å²) >= 11 is 0. The van der Waals surface area contributed by atoms with Crippen molar-refractivity contribution in [2.45, 2.75) is 31.8 Å². The van der Waals surface area contributed by atoms with Gasteiger partial charge < -0.3 is 0 Å². The number of benzene rings is 2.